The topological polar surface area (TPSA) is 59.2 Å². The quantitative estimate of drug-likeness (QED) is 0.810. The smallest absolute Gasteiger partial charge is 0.343 e. The minimum absolute atomic E-state index is 0.0499. The van der Waals surface area contributed by atoms with E-state index in [-0.39, 0.29) is 23.0 Å². The van der Waals surface area contributed by atoms with Crippen LogP contribution in [-0.4, -0.2) is 17.6 Å². The van der Waals surface area contributed by atoms with E-state index in [1.165, 1.54) is 29.5 Å². The van der Waals surface area contributed by atoms with Gasteiger partial charge >= 0.3 is 5.97 Å². The molecule has 0 spiro atoms. The van der Waals surface area contributed by atoms with Crippen LogP contribution in [0.3, 0.4) is 0 Å². The summed E-state index contributed by atoms with van der Waals surface area (Å²) in [5.74, 6) is -0.580. The Bertz CT molecular complexity index is 921. The molecule has 0 amide bonds. The average molecular weight is 367 g/mol. The highest BCUT2D eigenvalue weighted by Gasteiger charge is 2.36. The van der Waals surface area contributed by atoms with Gasteiger partial charge in [0.15, 0.2) is 0 Å². The summed E-state index contributed by atoms with van der Waals surface area (Å²) in [4.78, 5) is 26.8. The first-order valence-corrected chi connectivity index (χ1v) is 9.67. The first-order chi connectivity index (χ1) is 12.6. The Morgan fingerprint density at radius 3 is 2.33 bits per heavy atom. The number of hydrogen-bond acceptors (Lipinski definition) is 3. The number of fused-ring (bicyclic) bond motifs is 1. The van der Waals surface area contributed by atoms with Gasteiger partial charge < -0.3 is 9.72 Å². The third kappa shape index (κ3) is 3.85. The number of pyridine rings is 1. The lowest BCUT2D eigenvalue weighted by atomic mass is 9.63. The summed E-state index contributed by atoms with van der Waals surface area (Å²) in [6.07, 6.45) is 2.98. The molecule has 0 fully saturated rings. The van der Waals surface area contributed by atoms with Crippen molar-refractivity contribution in [3.05, 3.63) is 68.6 Å². The molecule has 1 heterocycles. The van der Waals surface area contributed by atoms with E-state index < -0.39 is 11.5 Å². The van der Waals surface area contributed by atoms with Crippen molar-refractivity contribution in [1.82, 2.24) is 4.98 Å². The minimum Gasteiger partial charge on any atom is -0.462 e. The molecule has 4 heteroatoms. The number of carbonyl (C=O) groups excluding carboxylic acids is 1. The number of ether oxygens (including phenoxy) is 1. The lowest BCUT2D eigenvalue weighted by molar-refractivity contribution is 0.0524. The molecule has 0 saturated heterocycles. The van der Waals surface area contributed by atoms with Crippen LogP contribution in [-0.2, 0) is 22.0 Å². The van der Waals surface area contributed by atoms with Gasteiger partial charge in [0, 0.05) is 12.1 Å². The van der Waals surface area contributed by atoms with Gasteiger partial charge in [0.2, 0.25) is 0 Å². The third-order valence-corrected chi connectivity index (χ3v) is 5.78. The SMILES string of the molecule is CCOC(=O)c1ccc(Cc2ccc3c(c2)C(C)(C)CCC3(C)C)[nH]c1=O. The third-order valence-electron chi connectivity index (χ3n) is 5.78. The van der Waals surface area contributed by atoms with E-state index in [0.29, 0.717) is 6.42 Å². The van der Waals surface area contributed by atoms with Crippen LogP contribution in [0.4, 0.5) is 0 Å². The maximum Gasteiger partial charge on any atom is 0.343 e. The van der Waals surface area contributed by atoms with Crippen LogP contribution in [0.2, 0.25) is 0 Å². The Kier molecular flexibility index (Phi) is 5.02. The van der Waals surface area contributed by atoms with Crippen molar-refractivity contribution in [3.8, 4) is 0 Å². The molecular weight excluding hydrogens is 338 g/mol. The molecule has 1 aliphatic carbocycles. The fourth-order valence-electron chi connectivity index (χ4n) is 3.95. The molecule has 0 aliphatic heterocycles. The highest BCUT2D eigenvalue weighted by molar-refractivity contribution is 5.88. The van der Waals surface area contributed by atoms with Crippen molar-refractivity contribution < 1.29 is 9.53 Å². The molecule has 1 aliphatic rings. The van der Waals surface area contributed by atoms with E-state index in [4.69, 9.17) is 4.74 Å². The van der Waals surface area contributed by atoms with Crippen LogP contribution >= 0.6 is 0 Å². The summed E-state index contributed by atoms with van der Waals surface area (Å²) in [6.45, 7) is 11.2. The molecule has 144 valence electrons. The predicted octanol–water partition coefficient (Wildman–Crippen LogP) is 4.49. The summed E-state index contributed by atoms with van der Waals surface area (Å²) < 4.78 is 4.91. The second kappa shape index (κ2) is 6.99. The Labute approximate surface area is 161 Å². The zero-order chi connectivity index (χ0) is 19.8. The Hall–Kier alpha value is -2.36. The number of esters is 1. The number of hydrogen-bond donors (Lipinski definition) is 1. The van der Waals surface area contributed by atoms with Gasteiger partial charge in [-0.05, 0) is 59.4 Å². The fraction of sp³-hybridized carbons (Fsp3) is 0.478. The molecule has 0 saturated carbocycles. The van der Waals surface area contributed by atoms with Gasteiger partial charge in [-0.1, -0.05) is 45.9 Å². The predicted molar refractivity (Wildman–Crippen MR) is 108 cm³/mol. The molecule has 0 bridgehead atoms. The van der Waals surface area contributed by atoms with Crippen molar-refractivity contribution in [3.63, 3.8) is 0 Å². The standard InChI is InChI=1S/C23H29NO3/c1-6-27-21(26)17-9-8-16(24-20(17)25)13-15-7-10-18-19(14-15)23(4,5)12-11-22(18,2)3/h7-10,14H,6,11-13H2,1-5H3,(H,24,25). The van der Waals surface area contributed by atoms with E-state index in [2.05, 4.69) is 50.9 Å². The monoisotopic (exact) mass is 367 g/mol. The molecule has 0 unspecified atom stereocenters. The first kappa shape index (κ1) is 19.4. The van der Waals surface area contributed by atoms with Crippen LogP contribution in [0.15, 0.2) is 35.1 Å². The summed E-state index contributed by atoms with van der Waals surface area (Å²) >= 11 is 0. The molecule has 1 N–H and O–H groups in total. The van der Waals surface area contributed by atoms with Crippen molar-refractivity contribution in [2.24, 2.45) is 0 Å². The number of carbonyl (C=O) groups is 1. The number of aromatic nitrogens is 1. The first-order valence-electron chi connectivity index (χ1n) is 9.67. The van der Waals surface area contributed by atoms with Crippen molar-refractivity contribution in [2.45, 2.75) is 64.7 Å². The molecule has 4 nitrogen and oxygen atoms in total. The Morgan fingerprint density at radius 2 is 1.70 bits per heavy atom. The van der Waals surface area contributed by atoms with Gasteiger partial charge in [0.25, 0.3) is 5.56 Å². The molecule has 0 atom stereocenters. The summed E-state index contributed by atoms with van der Waals surface area (Å²) in [7, 11) is 0. The molecule has 0 radical (unpaired) electrons. The lowest BCUT2D eigenvalue weighted by Crippen LogP contribution is -2.33. The largest absolute Gasteiger partial charge is 0.462 e. The van der Waals surface area contributed by atoms with E-state index in [0.717, 1.165) is 5.69 Å². The second-order valence-corrected chi connectivity index (χ2v) is 8.77. The lowest BCUT2D eigenvalue weighted by Gasteiger charge is -2.42. The normalized spacial score (nSPS) is 17.2. The summed E-state index contributed by atoms with van der Waals surface area (Å²) in [6, 6.07) is 10.0. The van der Waals surface area contributed by atoms with Crippen molar-refractivity contribution >= 4 is 5.97 Å². The highest BCUT2D eigenvalue weighted by Crippen LogP contribution is 2.45. The summed E-state index contributed by atoms with van der Waals surface area (Å²) in [5, 5.41) is 0. The molecule has 3 rings (SSSR count). The number of aromatic amines is 1. The van der Waals surface area contributed by atoms with Gasteiger partial charge in [-0.15, -0.1) is 0 Å². The van der Waals surface area contributed by atoms with Gasteiger partial charge in [-0.25, -0.2) is 4.79 Å². The molecular formula is C23H29NO3. The van der Waals surface area contributed by atoms with E-state index in [9.17, 15) is 9.59 Å². The van der Waals surface area contributed by atoms with Gasteiger partial charge in [-0.2, -0.15) is 0 Å². The molecule has 27 heavy (non-hydrogen) atoms. The molecule has 2 aromatic rings. The Balaban J connectivity index is 1.90. The zero-order valence-corrected chi connectivity index (χ0v) is 16.9. The maximum absolute atomic E-state index is 12.2. The van der Waals surface area contributed by atoms with Crippen LogP contribution in [0, 0.1) is 0 Å². The van der Waals surface area contributed by atoms with Crippen molar-refractivity contribution in [2.75, 3.05) is 6.61 Å². The number of rotatable bonds is 4. The van der Waals surface area contributed by atoms with Gasteiger partial charge in [-0.3, -0.25) is 4.79 Å². The zero-order valence-electron chi connectivity index (χ0n) is 16.9. The second-order valence-electron chi connectivity index (χ2n) is 8.77. The minimum atomic E-state index is -0.580. The fourth-order valence-corrected chi connectivity index (χ4v) is 3.95. The van der Waals surface area contributed by atoms with Crippen molar-refractivity contribution in [1.29, 1.82) is 0 Å². The number of benzene rings is 1. The highest BCUT2D eigenvalue weighted by atomic mass is 16.5. The van der Waals surface area contributed by atoms with Gasteiger partial charge in [0.05, 0.1) is 6.61 Å². The van der Waals surface area contributed by atoms with E-state index in [1.54, 1.807) is 19.1 Å². The number of nitrogens with one attached hydrogen (secondary N) is 1. The van der Waals surface area contributed by atoms with Crippen LogP contribution < -0.4 is 5.56 Å². The summed E-state index contributed by atoms with van der Waals surface area (Å²) in [5.41, 5.74) is 4.79. The Morgan fingerprint density at radius 1 is 1.04 bits per heavy atom. The molecule has 1 aromatic heterocycles. The maximum atomic E-state index is 12.2. The average Bonchev–Trinajstić information content (AvgIpc) is 2.59. The van der Waals surface area contributed by atoms with E-state index in [1.807, 2.05) is 0 Å². The van der Waals surface area contributed by atoms with Crippen LogP contribution in [0.1, 0.15) is 80.2 Å². The van der Waals surface area contributed by atoms with Crippen LogP contribution in [0.25, 0.3) is 0 Å². The van der Waals surface area contributed by atoms with E-state index >= 15 is 0 Å². The van der Waals surface area contributed by atoms with Crippen LogP contribution in [0.5, 0.6) is 0 Å². The molecule has 1 aromatic carbocycles. The number of H-pyrrole nitrogens is 1. The van der Waals surface area contributed by atoms with Gasteiger partial charge in [0.1, 0.15) is 5.56 Å².